The molecule has 218 valence electrons. The summed E-state index contributed by atoms with van der Waals surface area (Å²) in [6.07, 6.45) is 0. The molecule has 0 radical (unpaired) electrons. The smallest absolute Gasteiger partial charge is 0.131 e. The van der Waals surface area contributed by atoms with Crippen LogP contribution in [0.5, 0.6) is 0 Å². The van der Waals surface area contributed by atoms with Crippen molar-refractivity contribution in [3.8, 4) is 44.5 Å². The SMILES string of the molecule is Fc1cc(-c2ccc(-c3cccc(-c4ccc5c(c4)sc4ccccc45)c3)c(F)c2)cc(-c2ccc3c(c2)sc2ccccc23)c1. The second-order valence-corrected chi connectivity index (χ2v) is 13.8. The summed E-state index contributed by atoms with van der Waals surface area (Å²) < 4.78 is 35.7. The van der Waals surface area contributed by atoms with Crippen molar-refractivity contribution in [1.82, 2.24) is 0 Å². The summed E-state index contributed by atoms with van der Waals surface area (Å²) >= 11 is 3.52. The molecule has 0 unspecified atom stereocenters. The van der Waals surface area contributed by atoms with E-state index >= 15 is 4.39 Å². The van der Waals surface area contributed by atoms with Gasteiger partial charge in [-0.25, -0.2) is 8.78 Å². The van der Waals surface area contributed by atoms with E-state index in [9.17, 15) is 4.39 Å². The third kappa shape index (κ3) is 4.61. The summed E-state index contributed by atoms with van der Waals surface area (Å²) in [7, 11) is 0. The molecule has 0 N–H and O–H groups in total. The Balaban J connectivity index is 1.05. The molecule has 4 heteroatoms. The van der Waals surface area contributed by atoms with E-state index in [0.29, 0.717) is 16.7 Å². The van der Waals surface area contributed by atoms with Gasteiger partial charge in [-0.1, -0.05) is 91.0 Å². The Bertz CT molecular complexity index is 2620. The van der Waals surface area contributed by atoms with Gasteiger partial charge in [-0.05, 0) is 93.5 Å². The van der Waals surface area contributed by atoms with Crippen LogP contribution in [0, 0.1) is 11.6 Å². The number of fused-ring (bicyclic) bond motifs is 6. The van der Waals surface area contributed by atoms with Crippen LogP contribution in [0.3, 0.4) is 0 Å². The number of benzene rings is 7. The first-order valence-corrected chi connectivity index (χ1v) is 16.7. The number of thiophene rings is 2. The normalized spacial score (nSPS) is 11.7. The van der Waals surface area contributed by atoms with Gasteiger partial charge in [0.2, 0.25) is 0 Å². The second kappa shape index (κ2) is 10.7. The van der Waals surface area contributed by atoms with E-state index in [2.05, 4.69) is 78.9 Å². The second-order valence-electron chi connectivity index (χ2n) is 11.6. The minimum atomic E-state index is -0.350. The summed E-state index contributed by atoms with van der Waals surface area (Å²) in [4.78, 5) is 0. The number of hydrogen-bond donors (Lipinski definition) is 0. The van der Waals surface area contributed by atoms with E-state index in [1.807, 2.05) is 42.5 Å². The van der Waals surface area contributed by atoms with Crippen LogP contribution < -0.4 is 0 Å². The lowest BCUT2D eigenvalue weighted by molar-refractivity contribution is 0.627. The molecule has 46 heavy (non-hydrogen) atoms. The summed E-state index contributed by atoms with van der Waals surface area (Å²) in [6, 6.07) is 47.8. The molecule has 0 spiro atoms. The fourth-order valence-electron chi connectivity index (χ4n) is 6.53. The first-order chi connectivity index (χ1) is 22.6. The lowest BCUT2D eigenvalue weighted by Gasteiger charge is -2.11. The van der Waals surface area contributed by atoms with Gasteiger partial charge in [-0.3, -0.25) is 0 Å². The van der Waals surface area contributed by atoms with Crippen molar-refractivity contribution < 1.29 is 8.78 Å². The first-order valence-electron chi connectivity index (χ1n) is 15.1. The van der Waals surface area contributed by atoms with Gasteiger partial charge in [-0.2, -0.15) is 0 Å². The maximum atomic E-state index is 15.8. The van der Waals surface area contributed by atoms with Crippen molar-refractivity contribution in [1.29, 1.82) is 0 Å². The van der Waals surface area contributed by atoms with Crippen LogP contribution in [0.25, 0.3) is 84.9 Å². The van der Waals surface area contributed by atoms with Crippen molar-refractivity contribution in [2.75, 3.05) is 0 Å². The van der Waals surface area contributed by atoms with Crippen molar-refractivity contribution in [2.24, 2.45) is 0 Å². The van der Waals surface area contributed by atoms with E-state index in [4.69, 9.17) is 0 Å². The van der Waals surface area contributed by atoms with Gasteiger partial charge in [-0.15, -0.1) is 22.7 Å². The molecule has 0 aliphatic carbocycles. The third-order valence-corrected chi connectivity index (χ3v) is 11.1. The van der Waals surface area contributed by atoms with E-state index in [1.54, 1.807) is 34.8 Å². The van der Waals surface area contributed by atoms with Gasteiger partial charge in [0.05, 0.1) is 0 Å². The van der Waals surface area contributed by atoms with E-state index in [0.717, 1.165) is 32.5 Å². The standard InChI is InChI=1S/C42H24F2S2/c43-32-20-30(19-31(21-32)28-14-17-37-35-9-2-4-11-40(35)46-42(37)24-28)26-12-15-33(38(44)22-26)29-7-5-6-25(18-29)27-13-16-36-34-8-1-3-10-39(34)45-41(36)23-27/h1-24H. The predicted octanol–water partition coefficient (Wildman–Crippen LogP) is 13.4. The highest BCUT2D eigenvalue weighted by atomic mass is 32.1. The Kier molecular flexibility index (Phi) is 6.34. The van der Waals surface area contributed by atoms with Crippen LogP contribution in [-0.4, -0.2) is 0 Å². The summed E-state index contributed by atoms with van der Waals surface area (Å²) in [6.45, 7) is 0. The molecule has 7 aromatic carbocycles. The summed E-state index contributed by atoms with van der Waals surface area (Å²) in [5.74, 6) is -0.691. The Hall–Kier alpha value is -5.16. The number of hydrogen-bond acceptors (Lipinski definition) is 2. The average molecular weight is 631 g/mol. The molecule has 0 fully saturated rings. The van der Waals surface area contributed by atoms with Crippen molar-refractivity contribution in [3.63, 3.8) is 0 Å². The largest absolute Gasteiger partial charge is 0.207 e. The number of rotatable bonds is 4. The molecule has 2 heterocycles. The molecule has 0 saturated carbocycles. The quantitative estimate of drug-likeness (QED) is 0.181. The first kappa shape index (κ1) is 27.2. The topological polar surface area (TPSA) is 0 Å². The average Bonchev–Trinajstić information content (AvgIpc) is 3.65. The molecular formula is C42H24F2S2. The van der Waals surface area contributed by atoms with E-state index < -0.39 is 0 Å². The van der Waals surface area contributed by atoms with E-state index in [-0.39, 0.29) is 11.6 Å². The molecular weight excluding hydrogens is 607 g/mol. The van der Waals surface area contributed by atoms with Gasteiger partial charge in [0.1, 0.15) is 11.6 Å². The van der Waals surface area contributed by atoms with Crippen LogP contribution in [0.15, 0.2) is 146 Å². The molecule has 0 nitrogen and oxygen atoms in total. The maximum absolute atomic E-state index is 15.8. The van der Waals surface area contributed by atoms with Crippen LogP contribution in [0.2, 0.25) is 0 Å². The van der Waals surface area contributed by atoms with Crippen LogP contribution in [0.1, 0.15) is 0 Å². The Morgan fingerprint density at radius 2 is 0.804 bits per heavy atom. The highest BCUT2D eigenvalue weighted by Crippen LogP contribution is 2.39. The molecule has 0 amide bonds. The van der Waals surface area contributed by atoms with Gasteiger partial charge < -0.3 is 0 Å². The highest BCUT2D eigenvalue weighted by Gasteiger charge is 2.13. The van der Waals surface area contributed by atoms with Crippen molar-refractivity contribution >= 4 is 63.0 Å². The maximum Gasteiger partial charge on any atom is 0.131 e. The summed E-state index contributed by atoms with van der Waals surface area (Å²) in [5, 5.41) is 4.95. The minimum Gasteiger partial charge on any atom is -0.207 e. The molecule has 0 saturated heterocycles. The summed E-state index contributed by atoms with van der Waals surface area (Å²) in [5.41, 5.74) is 6.42. The van der Waals surface area contributed by atoms with Crippen LogP contribution in [-0.2, 0) is 0 Å². The molecule has 2 aromatic heterocycles. The lowest BCUT2D eigenvalue weighted by atomic mass is 9.95. The third-order valence-electron chi connectivity index (χ3n) is 8.80. The van der Waals surface area contributed by atoms with Crippen LogP contribution >= 0.6 is 22.7 Å². The molecule has 9 rings (SSSR count). The van der Waals surface area contributed by atoms with Crippen LogP contribution in [0.4, 0.5) is 8.78 Å². The zero-order valence-electron chi connectivity index (χ0n) is 24.4. The minimum absolute atomic E-state index is 0.341. The fourth-order valence-corrected chi connectivity index (χ4v) is 8.82. The van der Waals surface area contributed by atoms with Gasteiger partial charge in [0.15, 0.2) is 0 Å². The van der Waals surface area contributed by atoms with Crippen molar-refractivity contribution in [2.45, 2.75) is 0 Å². The zero-order chi connectivity index (χ0) is 30.8. The van der Waals surface area contributed by atoms with E-state index in [1.165, 1.54) is 47.8 Å². The zero-order valence-corrected chi connectivity index (χ0v) is 26.1. The fraction of sp³-hybridized carbons (Fsp3) is 0. The highest BCUT2D eigenvalue weighted by molar-refractivity contribution is 7.26. The lowest BCUT2D eigenvalue weighted by Crippen LogP contribution is -1.89. The Labute approximate surface area is 272 Å². The monoisotopic (exact) mass is 630 g/mol. The van der Waals surface area contributed by atoms with Gasteiger partial charge in [0.25, 0.3) is 0 Å². The molecule has 0 aliphatic rings. The predicted molar refractivity (Wildman–Crippen MR) is 194 cm³/mol. The van der Waals surface area contributed by atoms with Gasteiger partial charge in [0, 0.05) is 45.9 Å². The molecule has 0 atom stereocenters. The molecule has 0 bridgehead atoms. The van der Waals surface area contributed by atoms with Gasteiger partial charge >= 0.3 is 0 Å². The molecule has 9 aromatic rings. The van der Waals surface area contributed by atoms with Crippen molar-refractivity contribution in [3.05, 3.63) is 157 Å². The molecule has 0 aliphatic heterocycles. The Morgan fingerprint density at radius 3 is 1.43 bits per heavy atom. The number of halogens is 2. The Morgan fingerprint density at radius 1 is 0.326 bits per heavy atom.